The normalized spacial score (nSPS) is 17.0. The molecule has 0 saturated heterocycles. The third-order valence-electron chi connectivity index (χ3n) is 4.00. The Balaban J connectivity index is 2.30. The van der Waals surface area contributed by atoms with Crippen LogP contribution in [0, 0.1) is 5.92 Å². The van der Waals surface area contributed by atoms with E-state index in [1.807, 2.05) is 0 Å². The molecule has 1 fully saturated rings. The maximum absolute atomic E-state index is 11.8. The molecule has 0 heterocycles. The number of hydrogen-bond donors (Lipinski definition) is 2. The van der Waals surface area contributed by atoms with Crippen LogP contribution < -0.4 is 5.32 Å². The lowest BCUT2D eigenvalue weighted by atomic mass is 9.86. The first-order valence-electron chi connectivity index (χ1n) is 7.62. The van der Waals surface area contributed by atoms with Gasteiger partial charge < -0.3 is 15.2 Å². The number of carbonyl (C=O) groups is 3. The molecular formula is C15H25NO5. The molecule has 0 aromatic rings. The van der Waals surface area contributed by atoms with Gasteiger partial charge in [-0.2, -0.15) is 0 Å². The molecule has 0 radical (unpaired) electrons. The maximum Gasteiger partial charge on any atom is 0.326 e. The number of carbonyl (C=O) groups excluding carboxylic acids is 2. The first-order valence-corrected chi connectivity index (χ1v) is 7.62. The molecule has 1 amide bonds. The molecule has 21 heavy (non-hydrogen) atoms. The minimum Gasteiger partial charge on any atom is -0.480 e. The van der Waals surface area contributed by atoms with Crippen LogP contribution in [0.15, 0.2) is 0 Å². The second-order valence-electron chi connectivity index (χ2n) is 5.62. The van der Waals surface area contributed by atoms with Crippen LogP contribution in [-0.4, -0.2) is 36.1 Å². The highest BCUT2D eigenvalue weighted by atomic mass is 16.5. The minimum absolute atomic E-state index is 0.0175. The Kier molecular flexibility index (Phi) is 7.79. The quantitative estimate of drug-likeness (QED) is 0.667. The van der Waals surface area contributed by atoms with Crippen LogP contribution in [0.2, 0.25) is 0 Å². The van der Waals surface area contributed by atoms with Gasteiger partial charge in [0.05, 0.1) is 7.11 Å². The maximum atomic E-state index is 11.8. The molecule has 1 aliphatic carbocycles. The molecule has 1 saturated carbocycles. The van der Waals surface area contributed by atoms with Crippen molar-refractivity contribution in [3.8, 4) is 0 Å². The highest BCUT2D eigenvalue weighted by Crippen LogP contribution is 2.27. The third kappa shape index (κ3) is 7.11. The summed E-state index contributed by atoms with van der Waals surface area (Å²) in [6.07, 6.45) is 7.26. The molecule has 1 rings (SSSR count). The van der Waals surface area contributed by atoms with Gasteiger partial charge in [-0.05, 0) is 18.8 Å². The number of amides is 1. The number of rotatable bonds is 8. The topological polar surface area (TPSA) is 92.7 Å². The van der Waals surface area contributed by atoms with Crippen molar-refractivity contribution in [2.45, 2.75) is 63.8 Å². The van der Waals surface area contributed by atoms with Crippen LogP contribution >= 0.6 is 0 Å². The van der Waals surface area contributed by atoms with Gasteiger partial charge in [0.15, 0.2) is 0 Å². The van der Waals surface area contributed by atoms with Crippen LogP contribution in [0.3, 0.4) is 0 Å². The van der Waals surface area contributed by atoms with E-state index in [9.17, 15) is 14.4 Å². The molecule has 1 atom stereocenters. The summed E-state index contributed by atoms with van der Waals surface area (Å²) < 4.78 is 4.47. The van der Waals surface area contributed by atoms with Gasteiger partial charge in [0.2, 0.25) is 5.91 Å². The first kappa shape index (κ1) is 17.5. The second-order valence-corrected chi connectivity index (χ2v) is 5.62. The van der Waals surface area contributed by atoms with Crippen molar-refractivity contribution in [3.05, 3.63) is 0 Å². The fraction of sp³-hybridized carbons (Fsp3) is 0.800. The molecule has 0 aromatic heterocycles. The van der Waals surface area contributed by atoms with Crippen molar-refractivity contribution in [2.24, 2.45) is 5.92 Å². The average Bonchev–Trinajstić information content (AvgIpc) is 2.49. The van der Waals surface area contributed by atoms with E-state index in [0.29, 0.717) is 12.3 Å². The highest BCUT2D eigenvalue weighted by molar-refractivity contribution is 5.84. The van der Waals surface area contributed by atoms with E-state index in [1.54, 1.807) is 0 Å². The summed E-state index contributed by atoms with van der Waals surface area (Å²) in [7, 11) is 1.25. The number of hydrogen-bond acceptors (Lipinski definition) is 4. The van der Waals surface area contributed by atoms with Gasteiger partial charge in [0.25, 0.3) is 0 Å². The first-order chi connectivity index (χ1) is 10.0. The lowest BCUT2D eigenvalue weighted by molar-refractivity contribution is -0.144. The number of carboxylic acid groups (broad SMARTS) is 1. The van der Waals surface area contributed by atoms with Crippen molar-refractivity contribution in [1.29, 1.82) is 0 Å². The van der Waals surface area contributed by atoms with Crippen LogP contribution in [0.4, 0.5) is 0 Å². The molecule has 1 aliphatic rings. The van der Waals surface area contributed by atoms with Crippen LogP contribution in [0.25, 0.3) is 0 Å². The highest BCUT2D eigenvalue weighted by Gasteiger charge is 2.22. The summed E-state index contributed by atoms with van der Waals surface area (Å²) in [5.74, 6) is -1.26. The molecule has 6 heteroatoms. The van der Waals surface area contributed by atoms with Gasteiger partial charge in [-0.15, -0.1) is 0 Å². The summed E-state index contributed by atoms with van der Waals surface area (Å²) in [6, 6.07) is -1.03. The van der Waals surface area contributed by atoms with E-state index < -0.39 is 18.0 Å². The van der Waals surface area contributed by atoms with Crippen molar-refractivity contribution in [1.82, 2.24) is 5.32 Å². The number of esters is 1. The zero-order chi connectivity index (χ0) is 15.7. The second kappa shape index (κ2) is 9.37. The van der Waals surface area contributed by atoms with Gasteiger partial charge >= 0.3 is 11.9 Å². The standard InChI is InChI=1S/C15H25NO5/c1-21-14(18)10-8-12(15(19)20)16-13(17)9-7-11-5-3-2-4-6-11/h11-12H,2-10H2,1H3,(H,16,17)(H,19,20). The van der Waals surface area contributed by atoms with Crippen LogP contribution in [0.1, 0.15) is 57.8 Å². The van der Waals surface area contributed by atoms with E-state index in [2.05, 4.69) is 10.1 Å². The van der Waals surface area contributed by atoms with E-state index >= 15 is 0 Å². The molecule has 2 N–H and O–H groups in total. The predicted molar refractivity (Wildman–Crippen MR) is 76.6 cm³/mol. The molecule has 120 valence electrons. The van der Waals surface area contributed by atoms with E-state index in [1.165, 1.54) is 26.4 Å². The lowest BCUT2D eigenvalue weighted by Gasteiger charge is -2.21. The summed E-state index contributed by atoms with van der Waals surface area (Å²) in [5, 5.41) is 11.5. The third-order valence-corrected chi connectivity index (χ3v) is 4.00. The lowest BCUT2D eigenvalue weighted by Crippen LogP contribution is -2.41. The molecule has 0 spiro atoms. The van der Waals surface area contributed by atoms with Crippen molar-refractivity contribution >= 4 is 17.8 Å². The fourth-order valence-corrected chi connectivity index (χ4v) is 2.70. The Labute approximate surface area is 125 Å². The number of methoxy groups -OCH3 is 1. The Morgan fingerprint density at radius 2 is 1.86 bits per heavy atom. The zero-order valence-electron chi connectivity index (χ0n) is 12.6. The van der Waals surface area contributed by atoms with Crippen molar-refractivity contribution in [2.75, 3.05) is 7.11 Å². The van der Waals surface area contributed by atoms with Crippen LogP contribution in [0.5, 0.6) is 0 Å². The molecule has 6 nitrogen and oxygen atoms in total. The number of nitrogens with one attached hydrogen (secondary N) is 1. The van der Waals surface area contributed by atoms with Gasteiger partial charge in [0, 0.05) is 12.8 Å². The Hall–Kier alpha value is -1.59. The molecule has 0 aliphatic heterocycles. The number of carboxylic acids is 1. The van der Waals surface area contributed by atoms with Gasteiger partial charge in [-0.1, -0.05) is 32.1 Å². The van der Waals surface area contributed by atoms with E-state index in [4.69, 9.17) is 5.11 Å². The number of ether oxygens (including phenoxy) is 1. The Morgan fingerprint density at radius 1 is 1.19 bits per heavy atom. The summed E-state index contributed by atoms with van der Waals surface area (Å²) in [6.45, 7) is 0. The van der Waals surface area contributed by atoms with E-state index in [-0.39, 0.29) is 18.7 Å². The monoisotopic (exact) mass is 299 g/mol. The van der Waals surface area contributed by atoms with Gasteiger partial charge in [-0.25, -0.2) is 4.79 Å². The average molecular weight is 299 g/mol. The minimum atomic E-state index is -1.12. The van der Waals surface area contributed by atoms with Gasteiger partial charge in [-0.3, -0.25) is 9.59 Å². The Morgan fingerprint density at radius 3 is 2.43 bits per heavy atom. The summed E-state index contributed by atoms with van der Waals surface area (Å²) in [4.78, 5) is 33.9. The molecular weight excluding hydrogens is 274 g/mol. The Bertz CT molecular complexity index is 363. The molecule has 1 unspecified atom stereocenters. The van der Waals surface area contributed by atoms with Gasteiger partial charge in [0.1, 0.15) is 6.04 Å². The summed E-state index contributed by atoms with van der Waals surface area (Å²) >= 11 is 0. The van der Waals surface area contributed by atoms with Crippen LogP contribution in [-0.2, 0) is 19.1 Å². The van der Waals surface area contributed by atoms with Crippen molar-refractivity contribution < 1.29 is 24.2 Å². The summed E-state index contributed by atoms with van der Waals surface area (Å²) in [5.41, 5.74) is 0. The molecule has 0 aromatic carbocycles. The predicted octanol–water partition coefficient (Wildman–Crippen LogP) is 1.87. The largest absolute Gasteiger partial charge is 0.480 e. The van der Waals surface area contributed by atoms with E-state index in [0.717, 1.165) is 19.3 Å². The van der Waals surface area contributed by atoms with Crippen molar-refractivity contribution in [3.63, 3.8) is 0 Å². The zero-order valence-corrected chi connectivity index (χ0v) is 12.6. The fourth-order valence-electron chi connectivity index (χ4n) is 2.70. The SMILES string of the molecule is COC(=O)CCC(NC(=O)CCC1CCCCC1)C(=O)O. The molecule has 0 bridgehead atoms. The number of aliphatic carboxylic acids is 1. The smallest absolute Gasteiger partial charge is 0.326 e.